The Morgan fingerprint density at radius 3 is 2.55 bits per heavy atom. The van der Waals surface area contributed by atoms with Crippen molar-refractivity contribution in [1.82, 2.24) is 0 Å². The highest BCUT2D eigenvalue weighted by Gasteiger charge is 2.15. The minimum Gasteiger partial charge on any atom is -0.465 e. The zero-order chi connectivity index (χ0) is 14.5. The molecule has 0 heterocycles. The molecule has 2 rings (SSSR count). The van der Waals surface area contributed by atoms with Gasteiger partial charge in [-0.25, -0.2) is 9.18 Å². The van der Waals surface area contributed by atoms with E-state index >= 15 is 0 Å². The molecule has 0 bridgehead atoms. The molecule has 0 saturated heterocycles. The summed E-state index contributed by atoms with van der Waals surface area (Å²) in [5, 5.41) is 3.14. The highest BCUT2D eigenvalue weighted by Crippen LogP contribution is 2.24. The van der Waals surface area contributed by atoms with Crippen molar-refractivity contribution in [1.29, 1.82) is 0 Å². The Balaban J connectivity index is 2.28. The summed E-state index contributed by atoms with van der Waals surface area (Å²) in [6.45, 7) is 1.95. The lowest BCUT2D eigenvalue weighted by Gasteiger charge is -2.17. The van der Waals surface area contributed by atoms with E-state index in [2.05, 4.69) is 5.32 Å². The van der Waals surface area contributed by atoms with Crippen molar-refractivity contribution in [3.63, 3.8) is 0 Å². The van der Waals surface area contributed by atoms with Gasteiger partial charge in [0.1, 0.15) is 5.82 Å². The summed E-state index contributed by atoms with van der Waals surface area (Å²) in [5.41, 5.74) is 1.79. The predicted octanol–water partition coefficient (Wildman–Crippen LogP) is 3.79. The van der Waals surface area contributed by atoms with E-state index in [4.69, 9.17) is 4.74 Å². The van der Waals surface area contributed by atoms with E-state index in [0.29, 0.717) is 11.3 Å². The van der Waals surface area contributed by atoms with Crippen LogP contribution >= 0.6 is 0 Å². The number of nitrogens with one attached hydrogen (secondary N) is 1. The highest BCUT2D eigenvalue weighted by molar-refractivity contribution is 5.95. The number of esters is 1. The van der Waals surface area contributed by atoms with Crippen LogP contribution in [0.3, 0.4) is 0 Å². The molecule has 4 heteroatoms. The van der Waals surface area contributed by atoms with Crippen molar-refractivity contribution in [3.05, 3.63) is 65.5 Å². The third kappa shape index (κ3) is 3.15. The SMILES string of the molecule is COC(=O)c1ccc(F)cc1NC(C)c1ccccc1. The second-order valence-corrected chi connectivity index (χ2v) is 4.46. The van der Waals surface area contributed by atoms with Gasteiger partial charge in [0.05, 0.1) is 18.4 Å². The van der Waals surface area contributed by atoms with Gasteiger partial charge in [0.15, 0.2) is 0 Å². The van der Waals surface area contributed by atoms with Crippen LogP contribution in [0.15, 0.2) is 48.5 Å². The molecule has 0 aliphatic carbocycles. The molecule has 0 aliphatic rings. The fraction of sp³-hybridized carbons (Fsp3) is 0.188. The quantitative estimate of drug-likeness (QED) is 0.861. The Morgan fingerprint density at radius 2 is 1.90 bits per heavy atom. The molecule has 3 nitrogen and oxygen atoms in total. The molecule has 2 aromatic carbocycles. The van der Waals surface area contributed by atoms with Crippen molar-refractivity contribution in [2.45, 2.75) is 13.0 Å². The van der Waals surface area contributed by atoms with E-state index in [9.17, 15) is 9.18 Å². The van der Waals surface area contributed by atoms with Crippen LogP contribution in [-0.2, 0) is 4.74 Å². The minimum atomic E-state index is -0.493. The van der Waals surface area contributed by atoms with Crippen molar-refractivity contribution in [2.75, 3.05) is 12.4 Å². The summed E-state index contributed by atoms with van der Waals surface area (Å²) in [4.78, 5) is 11.7. The molecule has 0 amide bonds. The van der Waals surface area contributed by atoms with E-state index in [1.165, 1.54) is 25.3 Å². The van der Waals surface area contributed by atoms with Crippen LogP contribution in [0.2, 0.25) is 0 Å². The van der Waals surface area contributed by atoms with Crippen LogP contribution < -0.4 is 5.32 Å². The van der Waals surface area contributed by atoms with Crippen LogP contribution in [-0.4, -0.2) is 13.1 Å². The van der Waals surface area contributed by atoms with Crippen LogP contribution in [0.1, 0.15) is 28.9 Å². The lowest BCUT2D eigenvalue weighted by atomic mass is 10.1. The third-order valence-electron chi connectivity index (χ3n) is 3.06. The number of hydrogen-bond donors (Lipinski definition) is 1. The van der Waals surface area contributed by atoms with Crippen LogP contribution in [0.5, 0.6) is 0 Å². The Hall–Kier alpha value is -2.36. The molecule has 0 aliphatic heterocycles. The normalized spacial score (nSPS) is 11.8. The number of halogens is 1. The molecular weight excluding hydrogens is 257 g/mol. The fourth-order valence-corrected chi connectivity index (χ4v) is 1.98. The zero-order valence-electron chi connectivity index (χ0n) is 11.4. The summed E-state index contributed by atoms with van der Waals surface area (Å²) >= 11 is 0. The van der Waals surface area contributed by atoms with E-state index in [-0.39, 0.29) is 6.04 Å². The van der Waals surface area contributed by atoms with E-state index < -0.39 is 11.8 Å². The van der Waals surface area contributed by atoms with Gasteiger partial charge in [-0.2, -0.15) is 0 Å². The number of hydrogen-bond acceptors (Lipinski definition) is 3. The molecule has 1 N–H and O–H groups in total. The number of rotatable bonds is 4. The second kappa shape index (κ2) is 6.19. The Kier molecular flexibility index (Phi) is 4.35. The number of ether oxygens (including phenoxy) is 1. The maximum atomic E-state index is 13.4. The first-order valence-corrected chi connectivity index (χ1v) is 6.31. The van der Waals surface area contributed by atoms with Gasteiger partial charge >= 0.3 is 5.97 Å². The van der Waals surface area contributed by atoms with Crippen molar-refractivity contribution >= 4 is 11.7 Å². The lowest BCUT2D eigenvalue weighted by Crippen LogP contribution is -2.12. The first-order valence-electron chi connectivity index (χ1n) is 6.31. The molecular formula is C16H16FNO2. The van der Waals surface area contributed by atoms with Gasteiger partial charge in [-0.3, -0.25) is 0 Å². The number of benzene rings is 2. The summed E-state index contributed by atoms with van der Waals surface area (Å²) in [6.07, 6.45) is 0. The van der Waals surface area contributed by atoms with E-state index in [0.717, 1.165) is 5.56 Å². The maximum absolute atomic E-state index is 13.4. The van der Waals surface area contributed by atoms with Crippen LogP contribution in [0.25, 0.3) is 0 Å². The molecule has 20 heavy (non-hydrogen) atoms. The second-order valence-electron chi connectivity index (χ2n) is 4.46. The van der Waals surface area contributed by atoms with Crippen LogP contribution in [0, 0.1) is 5.82 Å². The average Bonchev–Trinajstić information content (AvgIpc) is 2.47. The standard InChI is InChI=1S/C16H16FNO2/c1-11(12-6-4-3-5-7-12)18-15-10-13(17)8-9-14(15)16(19)20-2/h3-11,18H,1-2H3. The summed E-state index contributed by atoms with van der Waals surface area (Å²) in [7, 11) is 1.30. The molecule has 0 saturated carbocycles. The van der Waals surface area contributed by atoms with E-state index in [1.807, 2.05) is 37.3 Å². The Morgan fingerprint density at radius 1 is 1.20 bits per heavy atom. The Labute approximate surface area is 117 Å². The molecule has 2 aromatic rings. The van der Waals surface area contributed by atoms with E-state index in [1.54, 1.807) is 0 Å². The third-order valence-corrected chi connectivity index (χ3v) is 3.06. The number of methoxy groups -OCH3 is 1. The fourth-order valence-electron chi connectivity index (χ4n) is 1.98. The van der Waals surface area contributed by atoms with Gasteiger partial charge < -0.3 is 10.1 Å². The van der Waals surface area contributed by atoms with Crippen molar-refractivity contribution < 1.29 is 13.9 Å². The molecule has 0 radical (unpaired) electrons. The molecule has 0 aromatic heterocycles. The largest absolute Gasteiger partial charge is 0.465 e. The van der Waals surface area contributed by atoms with Gasteiger partial charge in [0, 0.05) is 6.04 Å². The monoisotopic (exact) mass is 273 g/mol. The summed E-state index contributed by atoms with van der Waals surface area (Å²) in [5.74, 6) is -0.895. The molecule has 0 spiro atoms. The first kappa shape index (κ1) is 14.1. The van der Waals surface area contributed by atoms with Gasteiger partial charge in [0.2, 0.25) is 0 Å². The predicted molar refractivity (Wildman–Crippen MR) is 76.2 cm³/mol. The zero-order valence-corrected chi connectivity index (χ0v) is 11.4. The maximum Gasteiger partial charge on any atom is 0.339 e. The van der Waals surface area contributed by atoms with Gasteiger partial charge in [-0.1, -0.05) is 30.3 Å². The molecule has 1 atom stereocenters. The number of carbonyl (C=O) groups is 1. The molecule has 0 fully saturated rings. The van der Waals surface area contributed by atoms with Gasteiger partial charge in [0.25, 0.3) is 0 Å². The Bertz CT molecular complexity index is 599. The minimum absolute atomic E-state index is 0.0543. The number of anilines is 1. The van der Waals surface area contributed by atoms with Gasteiger partial charge in [-0.15, -0.1) is 0 Å². The average molecular weight is 273 g/mol. The topological polar surface area (TPSA) is 38.3 Å². The number of carbonyl (C=O) groups excluding carboxylic acids is 1. The summed E-state index contributed by atoms with van der Waals surface area (Å²) in [6, 6.07) is 13.6. The van der Waals surface area contributed by atoms with Crippen LogP contribution in [0.4, 0.5) is 10.1 Å². The van der Waals surface area contributed by atoms with Crippen molar-refractivity contribution in [3.8, 4) is 0 Å². The van der Waals surface area contributed by atoms with Gasteiger partial charge in [-0.05, 0) is 30.7 Å². The van der Waals surface area contributed by atoms with Crippen molar-refractivity contribution in [2.24, 2.45) is 0 Å². The molecule has 1 unspecified atom stereocenters. The highest BCUT2D eigenvalue weighted by atomic mass is 19.1. The smallest absolute Gasteiger partial charge is 0.339 e. The first-order chi connectivity index (χ1) is 9.61. The molecule has 104 valence electrons. The lowest BCUT2D eigenvalue weighted by molar-refractivity contribution is 0.0601. The summed E-state index contributed by atoms with van der Waals surface area (Å²) < 4.78 is 18.1.